The number of nitrogens with one attached hydrogen (secondary N) is 1. The Morgan fingerprint density at radius 3 is 3.00 bits per heavy atom. The Morgan fingerprint density at radius 2 is 2.32 bits per heavy atom. The van der Waals surface area contributed by atoms with Crippen LogP contribution in [0.3, 0.4) is 0 Å². The largest absolute Gasteiger partial charge is 0.377 e. The Bertz CT molecular complexity index is 676. The number of H-pyrrole nitrogens is 1. The van der Waals surface area contributed by atoms with Gasteiger partial charge in [-0.05, 0) is 25.8 Å². The number of ether oxygens (including phenoxy) is 1. The van der Waals surface area contributed by atoms with Crippen molar-refractivity contribution in [3.63, 3.8) is 0 Å². The average molecular weight is 304 g/mol. The number of hydrogen-bond acceptors (Lipinski definition) is 5. The summed E-state index contributed by atoms with van der Waals surface area (Å²) in [6.07, 6.45) is 2.42. The highest BCUT2D eigenvalue weighted by atomic mass is 16.5. The number of aromatic nitrogens is 3. The maximum atomic E-state index is 13.0. The minimum absolute atomic E-state index is 0.0575. The van der Waals surface area contributed by atoms with Crippen LogP contribution >= 0.6 is 0 Å². The topological polar surface area (TPSA) is 84.3 Å². The molecular weight excluding hydrogens is 284 g/mol. The van der Waals surface area contributed by atoms with Gasteiger partial charge in [0.2, 0.25) is 0 Å². The summed E-state index contributed by atoms with van der Waals surface area (Å²) in [7, 11) is 0. The van der Waals surface area contributed by atoms with Crippen LogP contribution in [0, 0.1) is 13.8 Å². The van der Waals surface area contributed by atoms with Gasteiger partial charge in [0.15, 0.2) is 0 Å². The summed E-state index contributed by atoms with van der Waals surface area (Å²) in [4.78, 5) is 14.8. The van der Waals surface area contributed by atoms with E-state index in [1.807, 2.05) is 18.7 Å². The molecule has 7 heteroatoms. The van der Waals surface area contributed by atoms with Gasteiger partial charge < -0.3 is 14.2 Å². The first-order chi connectivity index (χ1) is 10.6. The molecule has 1 aliphatic heterocycles. The van der Waals surface area contributed by atoms with Gasteiger partial charge >= 0.3 is 0 Å². The molecule has 0 unspecified atom stereocenters. The third kappa shape index (κ3) is 2.41. The number of amides is 1. The second kappa shape index (κ2) is 5.92. The summed E-state index contributed by atoms with van der Waals surface area (Å²) in [6, 6.07) is -0.164. The predicted molar refractivity (Wildman–Crippen MR) is 78.5 cm³/mol. The first-order valence-electron chi connectivity index (χ1n) is 7.47. The Morgan fingerprint density at radius 1 is 1.50 bits per heavy atom. The van der Waals surface area contributed by atoms with Crippen molar-refractivity contribution >= 4 is 5.91 Å². The zero-order valence-electron chi connectivity index (χ0n) is 13.0. The molecule has 1 saturated heterocycles. The summed E-state index contributed by atoms with van der Waals surface area (Å²) in [6.45, 7) is 7.23. The van der Waals surface area contributed by atoms with Crippen molar-refractivity contribution in [1.29, 1.82) is 0 Å². The van der Waals surface area contributed by atoms with E-state index < -0.39 is 0 Å². The van der Waals surface area contributed by atoms with Crippen molar-refractivity contribution in [3.05, 3.63) is 34.5 Å². The van der Waals surface area contributed by atoms with Crippen LogP contribution in [0.4, 0.5) is 0 Å². The van der Waals surface area contributed by atoms with E-state index in [-0.39, 0.29) is 11.9 Å². The quantitative estimate of drug-likeness (QED) is 0.934. The van der Waals surface area contributed by atoms with Crippen molar-refractivity contribution in [1.82, 2.24) is 20.3 Å². The monoisotopic (exact) mass is 304 g/mol. The highest BCUT2D eigenvalue weighted by Crippen LogP contribution is 2.28. The molecule has 1 N–H and O–H groups in total. The molecule has 0 saturated carbocycles. The lowest BCUT2D eigenvalue weighted by atomic mass is 10.0. The molecule has 0 spiro atoms. The molecule has 3 rings (SSSR count). The van der Waals surface area contributed by atoms with E-state index in [0.29, 0.717) is 43.2 Å². The minimum atomic E-state index is -0.164. The molecule has 118 valence electrons. The van der Waals surface area contributed by atoms with Gasteiger partial charge in [0.05, 0.1) is 36.8 Å². The summed E-state index contributed by atoms with van der Waals surface area (Å²) >= 11 is 0. The van der Waals surface area contributed by atoms with Gasteiger partial charge in [0.25, 0.3) is 5.91 Å². The number of rotatable bonds is 3. The number of hydrogen-bond donors (Lipinski definition) is 1. The SMILES string of the molecule is CCc1noc(C)c1C(=O)N1CCOC[C@H]1c1[nH]ncc1C. The number of carbonyl (C=O) groups is 1. The molecule has 1 atom stereocenters. The molecule has 7 nitrogen and oxygen atoms in total. The van der Waals surface area contributed by atoms with E-state index in [1.54, 1.807) is 13.1 Å². The molecule has 0 bridgehead atoms. The van der Waals surface area contributed by atoms with Gasteiger partial charge in [-0.2, -0.15) is 5.10 Å². The average Bonchev–Trinajstić information content (AvgIpc) is 3.12. The molecular formula is C15H20N4O3. The van der Waals surface area contributed by atoms with Crippen molar-refractivity contribution in [2.45, 2.75) is 33.2 Å². The molecule has 1 fully saturated rings. The van der Waals surface area contributed by atoms with Gasteiger partial charge in [-0.3, -0.25) is 9.89 Å². The summed E-state index contributed by atoms with van der Waals surface area (Å²) in [5.74, 6) is 0.506. The fourth-order valence-electron chi connectivity index (χ4n) is 2.86. The summed E-state index contributed by atoms with van der Waals surface area (Å²) in [5.41, 5.74) is 3.21. The van der Waals surface area contributed by atoms with Crippen LogP contribution in [-0.4, -0.2) is 45.9 Å². The molecule has 3 heterocycles. The molecule has 2 aromatic heterocycles. The van der Waals surface area contributed by atoms with E-state index >= 15 is 0 Å². The minimum Gasteiger partial charge on any atom is -0.377 e. The number of nitrogens with zero attached hydrogens (tertiary/aromatic N) is 3. The molecule has 22 heavy (non-hydrogen) atoms. The van der Waals surface area contributed by atoms with Crippen molar-refractivity contribution < 1.29 is 14.1 Å². The first-order valence-corrected chi connectivity index (χ1v) is 7.47. The van der Waals surface area contributed by atoms with E-state index in [0.717, 1.165) is 11.3 Å². The fourth-order valence-corrected chi connectivity index (χ4v) is 2.86. The summed E-state index contributed by atoms with van der Waals surface area (Å²) < 4.78 is 10.8. The van der Waals surface area contributed by atoms with Crippen LogP contribution in [0.5, 0.6) is 0 Å². The smallest absolute Gasteiger partial charge is 0.260 e. The normalized spacial score (nSPS) is 18.7. The van der Waals surface area contributed by atoms with Gasteiger partial charge in [-0.15, -0.1) is 0 Å². The van der Waals surface area contributed by atoms with Gasteiger partial charge in [-0.1, -0.05) is 12.1 Å². The van der Waals surface area contributed by atoms with Crippen LogP contribution < -0.4 is 0 Å². The van der Waals surface area contributed by atoms with Crippen LogP contribution in [-0.2, 0) is 11.2 Å². The molecule has 0 radical (unpaired) electrons. The van der Waals surface area contributed by atoms with Crippen LogP contribution in [0.25, 0.3) is 0 Å². The Labute approximate surface area is 128 Å². The maximum Gasteiger partial charge on any atom is 0.260 e. The van der Waals surface area contributed by atoms with E-state index in [1.165, 1.54) is 0 Å². The molecule has 1 aliphatic rings. The molecule has 0 aliphatic carbocycles. The van der Waals surface area contributed by atoms with Crippen LogP contribution in [0.2, 0.25) is 0 Å². The zero-order valence-corrected chi connectivity index (χ0v) is 13.0. The second-order valence-corrected chi connectivity index (χ2v) is 5.47. The third-order valence-corrected chi connectivity index (χ3v) is 4.07. The lowest BCUT2D eigenvalue weighted by Gasteiger charge is -2.35. The van der Waals surface area contributed by atoms with Crippen molar-refractivity contribution in [2.75, 3.05) is 19.8 Å². The first kappa shape index (κ1) is 14.8. The Hall–Kier alpha value is -2.15. The van der Waals surface area contributed by atoms with Gasteiger partial charge in [-0.25, -0.2) is 0 Å². The summed E-state index contributed by atoms with van der Waals surface area (Å²) in [5, 5.41) is 11.0. The molecule has 2 aromatic rings. The van der Waals surface area contributed by atoms with Crippen LogP contribution in [0.1, 0.15) is 46.0 Å². The van der Waals surface area contributed by atoms with E-state index in [9.17, 15) is 4.79 Å². The van der Waals surface area contributed by atoms with E-state index in [2.05, 4.69) is 15.4 Å². The fraction of sp³-hybridized carbons (Fsp3) is 0.533. The lowest BCUT2D eigenvalue weighted by Crippen LogP contribution is -2.44. The Balaban J connectivity index is 1.95. The van der Waals surface area contributed by atoms with Gasteiger partial charge in [0.1, 0.15) is 11.3 Å². The number of aryl methyl sites for hydroxylation is 3. The lowest BCUT2D eigenvalue weighted by molar-refractivity contribution is -0.00421. The third-order valence-electron chi connectivity index (χ3n) is 4.07. The number of morpholine rings is 1. The van der Waals surface area contributed by atoms with E-state index in [4.69, 9.17) is 9.26 Å². The Kier molecular flexibility index (Phi) is 3.98. The molecule has 0 aromatic carbocycles. The maximum absolute atomic E-state index is 13.0. The number of aromatic amines is 1. The highest BCUT2D eigenvalue weighted by molar-refractivity contribution is 5.96. The standard InChI is InChI=1S/C15H20N4O3/c1-4-11-13(10(3)22-18-11)15(20)19-5-6-21-8-12(19)14-9(2)7-16-17-14/h7,12H,4-6,8H2,1-3H3,(H,16,17)/t12-/m0/s1. The van der Waals surface area contributed by atoms with Gasteiger partial charge in [0, 0.05) is 6.54 Å². The van der Waals surface area contributed by atoms with Crippen molar-refractivity contribution in [2.24, 2.45) is 0 Å². The number of carbonyl (C=O) groups excluding carboxylic acids is 1. The molecule has 1 amide bonds. The second-order valence-electron chi connectivity index (χ2n) is 5.47. The predicted octanol–water partition coefficient (Wildman–Crippen LogP) is 1.79. The highest BCUT2D eigenvalue weighted by Gasteiger charge is 2.34. The zero-order chi connectivity index (χ0) is 15.7. The van der Waals surface area contributed by atoms with Crippen LogP contribution in [0.15, 0.2) is 10.7 Å². The van der Waals surface area contributed by atoms with Crippen molar-refractivity contribution in [3.8, 4) is 0 Å².